The van der Waals surface area contributed by atoms with E-state index in [4.69, 9.17) is 9.84 Å². The van der Waals surface area contributed by atoms with Gasteiger partial charge in [0.15, 0.2) is 0 Å². The van der Waals surface area contributed by atoms with E-state index in [1.165, 1.54) is 12.3 Å². The second kappa shape index (κ2) is 8.10. The lowest BCUT2D eigenvalue weighted by atomic mass is 10.0. The van der Waals surface area contributed by atoms with E-state index < -0.39 is 17.9 Å². The van der Waals surface area contributed by atoms with Crippen molar-refractivity contribution in [3.63, 3.8) is 0 Å². The predicted molar refractivity (Wildman–Crippen MR) is 88.7 cm³/mol. The first-order valence-electron chi connectivity index (χ1n) is 7.64. The van der Waals surface area contributed by atoms with Crippen molar-refractivity contribution in [2.75, 3.05) is 0 Å². The quantitative estimate of drug-likeness (QED) is 0.815. The Hall–Kier alpha value is -2.89. The number of pyridine rings is 1. The van der Waals surface area contributed by atoms with Crippen LogP contribution in [0.15, 0.2) is 48.7 Å². The van der Waals surface area contributed by atoms with Crippen molar-refractivity contribution in [3.05, 3.63) is 59.8 Å². The number of carboxylic acids is 1. The molecule has 6 heteroatoms. The van der Waals surface area contributed by atoms with Crippen LogP contribution in [0.2, 0.25) is 0 Å². The minimum Gasteiger partial charge on any atom is -0.481 e. The van der Waals surface area contributed by atoms with E-state index >= 15 is 0 Å². The first-order valence-corrected chi connectivity index (χ1v) is 7.64. The molecule has 2 N–H and O–H groups in total. The van der Waals surface area contributed by atoms with Gasteiger partial charge in [0.25, 0.3) is 5.91 Å². The van der Waals surface area contributed by atoms with Crippen LogP contribution in [0.5, 0.6) is 5.88 Å². The van der Waals surface area contributed by atoms with Gasteiger partial charge in [-0.3, -0.25) is 9.59 Å². The summed E-state index contributed by atoms with van der Waals surface area (Å²) in [6.07, 6.45) is 1.49. The topological polar surface area (TPSA) is 88.5 Å². The van der Waals surface area contributed by atoms with Gasteiger partial charge in [0, 0.05) is 23.9 Å². The predicted octanol–water partition coefficient (Wildman–Crippen LogP) is 2.50. The summed E-state index contributed by atoms with van der Waals surface area (Å²) in [6, 6.07) is 12.2. The van der Waals surface area contributed by atoms with Crippen LogP contribution in [0.1, 0.15) is 29.8 Å². The molecule has 0 aliphatic heterocycles. The molecule has 2 rings (SSSR count). The summed E-state index contributed by atoms with van der Waals surface area (Å²) in [5.41, 5.74) is 1.37. The lowest BCUT2D eigenvalue weighted by molar-refractivity contribution is -0.141. The normalized spacial score (nSPS) is 12.9. The van der Waals surface area contributed by atoms with Gasteiger partial charge >= 0.3 is 5.97 Å². The minimum atomic E-state index is -0.954. The highest BCUT2D eigenvalue weighted by Crippen LogP contribution is 2.13. The van der Waals surface area contributed by atoms with Crippen LogP contribution in [-0.4, -0.2) is 28.0 Å². The summed E-state index contributed by atoms with van der Waals surface area (Å²) in [5.74, 6) is -1.65. The van der Waals surface area contributed by atoms with Crippen molar-refractivity contribution in [3.8, 4) is 5.88 Å². The molecule has 0 fully saturated rings. The van der Waals surface area contributed by atoms with Gasteiger partial charge in [-0.25, -0.2) is 4.98 Å². The first kappa shape index (κ1) is 17.5. The highest BCUT2D eigenvalue weighted by atomic mass is 16.5. The summed E-state index contributed by atoms with van der Waals surface area (Å²) in [4.78, 5) is 27.3. The van der Waals surface area contributed by atoms with Crippen LogP contribution in [0.25, 0.3) is 0 Å². The smallest absolute Gasteiger partial charge is 0.308 e. The number of aliphatic carboxylic acids is 1. The summed E-state index contributed by atoms with van der Waals surface area (Å²) in [5, 5.41) is 11.7. The second-order valence-electron chi connectivity index (χ2n) is 5.55. The molecule has 2 atom stereocenters. The number of hydrogen-bond acceptors (Lipinski definition) is 4. The van der Waals surface area contributed by atoms with Crippen LogP contribution in [0, 0.1) is 5.92 Å². The van der Waals surface area contributed by atoms with Crippen LogP contribution in [0.4, 0.5) is 0 Å². The molecule has 0 radical (unpaired) electrons. The van der Waals surface area contributed by atoms with Gasteiger partial charge in [0.1, 0.15) is 6.61 Å². The Bertz CT molecular complexity index is 703. The van der Waals surface area contributed by atoms with Crippen molar-refractivity contribution < 1.29 is 19.4 Å². The zero-order valence-corrected chi connectivity index (χ0v) is 13.6. The minimum absolute atomic E-state index is 0.338. The van der Waals surface area contributed by atoms with E-state index in [1.807, 2.05) is 30.3 Å². The molecule has 0 saturated heterocycles. The third kappa shape index (κ3) is 4.81. The number of benzene rings is 1. The fourth-order valence-corrected chi connectivity index (χ4v) is 1.99. The van der Waals surface area contributed by atoms with E-state index in [1.54, 1.807) is 19.9 Å². The zero-order chi connectivity index (χ0) is 17.5. The summed E-state index contributed by atoms with van der Waals surface area (Å²) >= 11 is 0. The van der Waals surface area contributed by atoms with Gasteiger partial charge in [-0.05, 0) is 25.5 Å². The second-order valence-corrected chi connectivity index (χ2v) is 5.55. The number of aromatic nitrogens is 1. The average molecular weight is 328 g/mol. The molecular weight excluding hydrogens is 308 g/mol. The largest absolute Gasteiger partial charge is 0.481 e. The van der Waals surface area contributed by atoms with Crippen LogP contribution < -0.4 is 10.1 Å². The zero-order valence-electron chi connectivity index (χ0n) is 13.6. The summed E-state index contributed by atoms with van der Waals surface area (Å²) < 4.78 is 5.59. The Morgan fingerprint density at radius 3 is 2.58 bits per heavy atom. The van der Waals surface area contributed by atoms with Crippen molar-refractivity contribution >= 4 is 11.9 Å². The molecule has 0 spiro atoms. The maximum Gasteiger partial charge on any atom is 0.308 e. The monoisotopic (exact) mass is 328 g/mol. The fourth-order valence-electron chi connectivity index (χ4n) is 1.99. The Labute approximate surface area is 140 Å². The number of rotatable bonds is 7. The van der Waals surface area contributed by atoms with Gasteiger partial charge in [-0.15, -0.1) is 0 Å². The third-order valence-corrected chi connectivity index (χ3v) is 3.72. The SMILES string of the molecule is CC(NC(=O)c1ccnc(OCc2ccccc2)c1)C(C)C(=O)O. The van der Waals surface area contributed by atoms with Crippen molar-refractivity contribution in [1.82, 2.24) is 10.3 Å². The Morgan fingerprint density at radius 1 is 1.21 bits per heavy atom. The number of ether oxygens (including phenoxy) is 1. The number of nitrogens with one attached hydrogen (secondary N) is 1. The molecule has 1 aromatic carbocycles. The average Bonchev–Trinajstić information content (AvgIpc) is 2.60. The summed E-state index contributed by atoms with van der Waals surface area (Å²) in [6.45, 7) is 3.56. The Kier molecular flexibility index (Phi) is 5.89. The molecule has 1 aromatic heterocycles. The molecule has 24 heavy (non-hydrogen) atoms. The third-order valence-electron chi connectivity index (χ3n) is 3.72. The molecule has 0 aliphatic rings. The van der Waals surface area contributed by atoms with Gasteiger partial charge in [0.05, 0.1) is 5.92 Å². The molecule has 0 aliphatic carbocycles. The van der Waals surface area contributed by atoms with E-state index in [9.17, 15) is 9.59 Å². The molecule has 2 aromatic rings. The number of hydrogen-bond donors (Lipinski definition) is 2. The molecule has 0 saturated carbocycles. The van der Waals surface area contributed by atoms with Crippen LogP contribution in [-0.2, 0) is 11.4 Å². The Balaban J connectivity index is 1.99. The lowest BCUT2D eigenvalue weighted by Crippen LogP contribution is -2.40. The van der Waals surface area contributed by atoms with E-state index in [0.29, 0.717) is 18.1 Å². The number of carbonyl (C=O) groups excluding carboxylic acids is 1. The van der Waals surface area contributed by atoms with Gasteiger partial charge in [-0.2, -0.15) is 0 Å². The first-order chi connectivity index (χ1) is 11.5. The molecule has 1 heterocycles. The standard InChI is InChI=1S/C18H20N2O4/c1-12(18(22)23)13(2)20-17(21)15-8-9-19-16(10-15)24-11-14-6-4-3-5-7-14/h3-10,12-13H,11H2,1-2H3,(H,20,21)(H,22,23). The van der Waals surface area contributed by atoms with E-state index in [0.717, 1.165) is 5.56 Å². The number of carboxylic acid groups (broad SMARTS) is 1. The maximum absolute atomic E-state index is 12.2. The maximum atomic E-state index is 12.2. The molecule has 0 bridgehead atoms. The Morgan fingerprint density at radius 2 is 1.92 bits per heavy atom. The highest BCUT2D eigenvalue weighted by Gasteiger charge is 2.21. The fraction of sp³-hybridized carbons (Fsp3) is 0.278. The van der Waals surface area contributed by atoms with E-state index in [-0.39, 0.29) is 5.91 Å². The number of carbonyl (C=O) groups is 2. The lowest BCUT2D eigenvalue weighted by Gasteiger charge is -2.17. The number of nitrogens with zero attached hydrogens (tertiary/aromatic N) is 1. The van der Waals surface area contributed by atoms with Crippen molar-refractivity contribution in [2.45, 2.75) is 26.5 Å². The van der Waals surface area contributed by atoms with Crippen LogP contribution in [0.3, 0.4) is 0 Å². The van der Waals surface area contributed by atoms with Gasteiger partial charge in [-0.1, -0.05) is 30.3 Å². The molecule has 1 amide bonds. The molecular formula is C18H20N2O4. The van der Waals surface area contributed by atoms with Crippen molar-refractivity contribution in [2.24, 2.45) is 5.92 Å². The summed E-state index contributed by atoms with van der Waals surface area (Å²) in [7, 11) is 0. The van der Waals surface area contributed by atoms with Gasteiger partial charge < -0.3 is 15.2 Å². The molecule has 126 valence electrons. The van der Waals surface area contributed by atoms with Crippen LogP contribution >= 0.6 is 0 Å². The highest BCUT2D eigenvalue weighted by molar-refractivity contribution is 5.94. The van der Waals surface area contributed by atoms with Gasteiger partial charge in [0.2, 0.25) is 5.88 Å². The molecule has 6 nitrogen and oxygen atoms in total. The van der Waals surface area contributed by atoms with Crippen molar-refractivity contribution in [1.29, 1.82) is 0 Å². The number of amides is 1. The van der Waals surface area contributed by atoms with E-state index in [2.05, 4.69) is 10.3 Å². The molecule has 2 unspecified atom stereocenters.